The van der Waals surface area contributed by atoms with Gasteiger partial charge in [0.2, 0.25) is 0 Å². The summed E-state index contributed by atoms with van der Waals surface area (Å²) in [5.74, 6) is -0.0994. The van der Waals surface area contributed by atoms with Gasteiger partial charge in [0.05, 0.1) is 17.5 Å². The Bertz CT molecular complexity index is 844. The largest absolute Gasteiger partial charge is 0.380 e. The molecule has 6 heteroatoms. The van der Waals surface area contributed by atoms with Gasteiger partial charge in [-0.15, -0.1) is 0 Å². The van der Waals surface area contributed by atoms with Crippen molar-refractivity contribution in [2.45, 2.75) is 24.5 Å². The number of carbonyl (C=O) groups is 1. The lowest BCUT2D eigenvalue weighted by Crippen LogP contribution is -2.29. The first-order chi connectivity index (χ1) is 11.7. The summed E-state index contributed by atoms with van der Waals surface area (Å²) in [5.41, 5.74) is 2.40. The molecule has 25 heavy (non-hydrogen) atoms. The van der Waals surface area contributed by atoms with Gasteiger partial charge in [0.1, 0.15) is 0 Å². The maximum absolute atomic E-state index is 12.7. The third kappa shape index (κ3) is 4.67. The van der Waals surface area contributed by atoms with Crippen LogP contribution in [0.3, 0.4) is 0 Å². The molecule has 0 aliphatic carbocycles. The topological polar surface area (TPSA) is 63.7 Å². The maximum atomic E-state index is 12.7. The van der Waals surface area contributed by atoms with Crippen LogP contribution in [0.1, 0.15) is 34.5 Å². The highest BCUT2D eigenvalue weighted by atomic mass is 32.2. The summed E-state index contributed by atoms with van der Waals surface area (Å²) in [7, 11) is 0.123. The lowest BCUT2D eigenvalue weighted by Gasteiger charge is -2.26. The van der Waals surface area contributed by atoms with Crippen LogP contribution in [0.25, 0.3) is 0 Å². The fourth-order valence-electron chi connectivity index (χ4n) is 2.56. The Morgan fingerprint density at radius 3 is 2.36 bits per heavy atom. The summed E-state index contributed by atoms with van der Waals surface area (Å²) in [4.78, 5) is 14.6. The molecule has 0 radical (unpaired) electrons. The van der Waals surface area contributed by atoms with Gasteiger partial charge in [-0.25, -0.2) is 8.42 Å². The average Bonchev–Trinajstić information content (AvgIpc) is 2.59. The number of hydrogen-bond donors (Lipinski definition) is 0. The number of carbonyl (C=O) groups excluding carboxylic acids is 1. The van der Waals surface area contributed by atoms with Crippen LogP contribution in [0.5, 0.6) is 0 Å². The minimum absolute atomic E-state index is 0.0994. The van der Waals surface area contributed by atoms with Crippen LogP contribution in [0.4, 0.5) is 0 Å². The molecule has 0 spiro atoms. The molecule has 0 aromatic heterocycles. The normalized spacial score (nSPS) is 12.6. The molecule has 0 aliphatic rings. The Morgan fingerprint density at radius 1 is 1.16 bits per heavy atom. The molecule has 0 saturated carbocycles. The zero-order chi connectivity index (χ0) is 18.6. The van der Waals surface area contributed by atoms with E-state index in [1.165, 1.54) is 6.26 Å². The molecule has 5 nitrogen and oxygen atoms in total. The van der Waals surface area contributed by atoms with Crippen LogP contribution >= 0.6 is 0 Å². The molecule has 0 fully saturated rings. The van der Waals surface area contributed by atoms with Gasteiger partial charge in [-0.05, 0) is 42.3 Å². The number of rotatable bonds is 6. The van der Waals surface area contributed by atoms with Crippen LogP contribution in [-0.4, -0.2) is 39.6 Å². The lowest BCUT2D eigenvalue weighted by molar-refractivity contribution is 0.0742. The molecule has 2 aromatic carbocycles. The quantitative estimate of drug-likeness (QED) is 0.793. The summed E-state index contributed by atoms with van der Waals surface area (Å²) in [6.45, 7) is 2.36. The molecular weight excluding hydrogens is 338 g/mol. The van der Waals surface area contributed by atoms with Crippen molar-refractivity contribution >= 4 is 15.7 Å². The molecular formula is C19H23NO4S. The van der Waals surface area contributed by atoms with E-state index in [9.17, 15) is 13.2 Å². The molecule has 2 rings (SSSR count). The first-order valence-corrected chi connectivity index (χ1v) is 9.78. The zero-order valence-electron chi connectivity index (χ0n) is 14.9. The van der Waals surface area contributed by atoms with Gasteiger partial charge in [0.25, 0.3) is 5.91 Å². The Labute approximate surface area is 149 Å². The Kier molecular flexibility index (Phi) is 5.98. The minimum Gasteiger partial charge on any atom is -0.380 e. The van der Waals surface area contributed by atoms with Crippen LogP contribution in [0, 0.1) is 0 Å². The summed E-state index contributed by atoms with van der Waals surface area (Å²) < 4.78 is 28.2. The molecule has 0 N–H and O–H groups in total. The third-order valence-corrected chi connectivity index (χ3v) is 5.31. The number of amides is 1. The van der Waals surface area contributed by atoms with E-state index in [0.717, 1.165) is 11.1 Å². The Balaban J connectivity index is 2.20. The second-order valence-corrected chi connectivity index (χ2v) is 8.08. The average molecular weight is 361 g/mol. The van der Waals surface area contributed by atoms with Crippen molar-refractivity contribution in [1.82, 2.24) is 4.90 Å². The molecule has 1 unspecified atom stereocenters. The van der Waals surface area contributed by atoms with Crippen molar-refractivity contribution in [2.75, 3.05) is 20.4 Å². The highest BCUT2D eigenvalue weighted by Gasteiger charge is 2.19. The third-order valence-electron chi connectivity index (χ3n) is 4.18. The van der Waals surface area contributed by atoms with Crippen LogP contribution in [0.15, 0.2) is 53.4 Å². The van der Waals surface area contributed by atoms with E-state index in [2.05, 4.69) is 0 Å². The van der Waals surface area contributed by atoms with Crippen molar-refractivity contribution < 1.29 is 17.9 Å². The van der Waals surface area contributed by atoms with Gasteiger partial charge in [0.15, 0.2) is 9.84 Å². The van der Waals surface area contributed by atoms with Crippen LogP contribution < -0.4 is 0 Å². The summed E-state index contributed by atoms with van der Waals surface area (Å²) in [5, 5.41) is 0. The number of hydrogen-bond acceptors (Lipinski definition) is 4. The monoisotopic (exact) mass is 361 g/mol. The predicted octanol–water partition coefficient (Wildman–Crippen LogP) is 3.07. The molecule has 1 amide bonds. The van der Waals surface area contributed by atoms with Gasteiger partial charge >= 0.3 is 0 Å². The van der Waals surface area contributed by atoms with Gasteiger partial charge in [0, 0.05) is 26.0 Å². The van der Waals surface area contributed by atoms with Crippen LogP contribution in [-0.2, 0) is 21.2 Å². The smallest absolute Gasteiger partial charge is 0.254 e. The van der Waals surface area contributed by atoms with Crippen molar-refractivity contribution in [1.29, 1.82) is 0 Å². The van der Waals surface area contributed by atoms with Gasteiger partial charge in [-0.2, -0.15) is 0 Å². The number of methoxy groups -OCH3 is 1. The van der Waals surface area contributed by atoms with Gasteiger partial charge in [-0.3, -0.25) is 4.79 Å². The fourth-order valence-corrected chi connectivity index (χ4v) is 3.19. The van der Waals surface area contributed by atoms with E-state index in [1.54, 1.807) is 49.4 Å². The molecule has 2 aromatic rings. The summed E-state index contributed by atoms with van der Waals surface area (Å²) >= 11 is 0. The number of benzene rings is 2. The fraction of sp³-hybridized carbons (Fsp3) is 0.316. The molecule has 1 atom stereocenters. The minimum atomic E-state index is -3.23. The van der Waals surface area contributed by atoms with E-state index in [-0.39, 0.29) is 16.8 Å². The first-order valence-electron chi connectivity index (χ1n) is 7.89. The molecule has 0 heterocycles. The van der Waals surface area contributed by atoms with E-state index in [4.69, 9.17) is 4.74 Å². The number of sulfone groups is 1. The lowest BCUT2D eigenvalue weighted by atomic mass is 10.1. The molecule has 0 bridgehead atoms. The molecule has 0 saturated heterocycles. The van der Waals surface area contributed by atoms with Crippen molar-refractivity contribution in [3.63, 3.8) is 0 Å². The number of nitrogens with zero attached hydrogens (tertiary/aromatic N) is 1. The Hall–Kier alpha value is -2.18. The highest BCUT2D eigenvalue weighted by Crippen LogP contribution is 2.22. The summed E-state index contributed by atoms with van der Waals surface area (Å²) in [6, 6.07) is 13.8. The van der Waals surface area contributed by atoms with E-state index in [1.807, 2.05) is 25.1 Å². The second-order valence-electron chi connectivity index (χ2n) is 6.07. The maximum Gasteiger partial charge on any atom is 0.254 e. The van der Waals surface area contributed by atoms with E-state index < -0.39 is 9.84 Å². The van der Waals surface area contributed by atoms with Crippen molar-refractivity contribution in [3.05, 3.63) is 65.2 Å². The van der Waals surface area contributed by atoms with Crippen LogP contribution in [0.2, 0.25) is 0 Å². The molecule has 0 aliphatic heterocycles. The first kappa shape index (κ1) is 19.1. The number of ether oxygens (including phenoxy) is 1. The standard InChI is InChI=1S/C19H23NO4S/c1-14(16-8-10-18(11-9-16)25(4,22)23)20(2)19(21)17-7-5-6-15(12-17)13-24-3/h5-12,14H,13H2,1-4H3. The van der Waals surface area contributed by atoms with E-state index in [0.29, 0.717) is 12.2 Å². The van der Waals surface area contributed by atoms with Crippen molar-refractivity contribution in [3.8, 4) is 0 Å². The molecule has 134 valence electrons. The Morgan fingerprint density at radius 2 is 1.80 bits per heavy atom. The SMILES string of the molecule is COCc1cccc(C(=O)N(C)C(C)c2ccc(S(C)(=O)=O)cc2)c1. The van der Waals surface area contributed by atoms with Crippen molar-refractivity contribution in [2.24, 2.45) is 0 Å². The van der Waals surface area contributed by atoms with Gasteiger partial charge in [-0.1, -0.05) is 24.3 Å². The summed E-state index contributed by atoms with van der Waals surface area (Å²) in [6.07, 6.45) is 1.17. The van der Waals surface area contributed by atoms with E-state index >= 15 is 0 Å². The predicted molar refractivity (Wildman–Crippen MR) is 97.2 cm³/mol. The second kappa shape index (κ2) is 7.80. The highest BCUT2D eigenvalue weighted by molar-refractivity contribution is 7.90. The van der Waals surface area contributed by atoms with Gasteiger partial charge < -0.3 is 9.64 Å². The zero-order valence-corrected chi connectivity index (χ0v) is 15.7.